The molecule has 0 saturated carbocycles. The van der Waals surface area contributed by atoms with E-state index in [1.54, 1.807) is 0 Å². The van der Waals surface area contributed by atoms with E-state index in [-0.39, 0.29) is 22.0 Å². The molecule has 0 fully saturated rings. The molecule has 120 valence electrons. The quantitative estimate of drug-likeness (QED) is 0.626. The molecule has 23 heavy (non-hydrogen) atoms. The molecule has 0 bridgehead atoms. The highest BCUT2D eigenvalue weighted by atomic mass is 35.5. The highest BCUT2D eigenvalue weighted by molar-refractivity contribution is 7.92. The first-order valence-electron chi connectivity index (χ1n) is 6.01. The van der Waals surface area contributed by atoms with Crippen LogP contribution in [0, 0.1) is 10.1 Å². The summed E-state index contributed by atoms with van der Waals surface area (Å²) in [6.07, 6.45) is 0. The Morgan fingerprint density at radius 1 is 1.22 bits per heavy atom. The van der Waals surface area contributed by atoms with Gasteiger partial charge in [0.25, 0.3) is 15.7 Å². The Morgan fingerprint density at radius 3 is 2.43 bits per heavy atom. The number of carboxylic acid groups (broad SMARTS) is 1. The molecular formula is C13H9ClN2O6S. The van der Waals surface area contributed by atoms with Crippen LogP contribution in [0.25, 0.3) is 0 Å². The van der Waals surface area contributed by atoms with Crippen LogP contribution in [0.1, 0.15) is 10.4 Å². The minimum absolute atomic E-state index is 0.144. The molecule has 0 aromatic heterocycles. The Bertz CT molecular complexity index is 897. The van der Waals surface area contributed by atoms with Gasteiger partial charge in [0.05, 0.1) is 21.2 Å². The number of halogens is 1. The standard InChI is InChI=1S/C13H9ClN2O6S/c14-10-7-8(16(19)20)5-6-12(10)23(21,22)15-11-4-2-1-3-9(11)13(17)18/h1-7,15H,(H,17,18). The number of aromatic carboxylic acids is 1. The van der Waals surface area contributed by atoms with Crippen molar-refractivity contribution in [2.24, 2.45) is 0 Å². The van der Waals surface area contributed by atoms with Crippen LogP contribution in [0.5, 0.6) is 0 Å². The molecule has 0 radical (unpaired) electrons. The maximum absolute atomic E-state index is 12.3. The van der Waals surface area contributed by atoms with Gasteiger partial charge in [0.1, 0.15) is 4.90 Å². The summed E-state index contributed by atoms with van der Waals surface area (Å²) in [6.45, 7) is 0. The molecule has 0 aliphatic heterocycles. The molecule has 2 N–H and O–H groups in total. The number of nitrogens with one attached hydrogen (secondary N) is 1. The average Bonchev–Trinajstić information content (AvgIpc) is 2.46. The summed E-state index contributed by atoms with van der Waals surface area (Å²) in [5.41, 5.74) is -0.747. The Kier molecular flexibility index (Phi) is 4.52. The van der Waals surface area contributed by atoms with Gasteiger partial charge in [0.2, 0.25) is 0 Å². The number of non-ortho nitro benzene ring substituents is 1. The van der Waals surface area contributed by atoms with Crippen LogP contribution in [-0.4, -0.2) is 24.4 Å². The smallest absolute Gasteiger partial charge is 0.337 e. The van der Waals surface area contributed by atoms with Crippen molar-refractivity contribution in [3.63, 3.8) is 0 Å². The van der Waals surface area contributed by atoms with E-state index in [1.807, 2.05) is 0 Å². The van der Waals surface area contributed by atoms with E-state index in [2.05, 4.69) is 4.72 Å². The second-order valence-corrected chi connectivity index (χ2v) is 6.39. The predicted octanol–water partition coefficient (Wildman–Crippen LogP) is 2.75. The van der Waals surface area contributed by atoms with E-state index in [1.165, 1.54) is 24.3 Å². The Labute approximate surface area is 135 Å². The van der Waals surface area contributed by atoms with Crippen LogP contribution < -0.4 is 4.72 Å². The largest absolute Gasteiger partial charge is 0.478 e. The number of carboxylic acids is 1. The second kappa shape index (κ2) is 6.23. The monoisotopic (exact) mass is 356 g/mol. The number of hydrogen-bond acceptors (Lipinski definition) is 5. The zero-order valence-electron chi connectivity index (χ0n) is 11.3. The maximum Gasteiger partial charge on any atom is 0.337 e. The molecule has 0 spiro atoms. The van der Waals surface area contributed by atoms with Gasteiger partial charge in [-0.05, 0) is 18.2 Å². The second-order valence-electron chi connectivity index (χ2n) is 4.33. The van der Waals surface area contributed by atoms with E-state index in [0.29, 0.717) is 0 Å². The number of nitrogens with zero attached hydrogens (tertiary/aromatic N) is 1. The van der Waals surface area contributed by atoms with Crippen molar-refractivity contribution in [1.82, 2.24) is 0 Å². The normalized spacial score (nSPS) is 11.0. The fourth-order valence-corrected chi connectivity index (χ4v) is 3.40. The van der Waals surface area contributed by atoms with Crippen molar-refractivity contribution in [1.29, 1.82) is 0 Å². The van der Waals surface area contributed by atoms with Gasteiger partial charge in [-0.2, -0.15) is 0 Å². The molecule has 0 amide bonds. The lowest BCUT2D eigenvalue weighted by molar-refractivity contribution is -0.384. The Morgan fingerprint density at radius 2 is 1.87 bits per heavy atom. The van der Waals surface area contributed by atoms with E-state index in [0.717, 1.165) is 18.2 Å². The topological polar surface area (TPSA) is 127 Å². The van der Waals surface area contributed by atoms with E-state index < -0.39 is 25.8 Å². The first-order valence-corrected chi connectivity index (χ1v) is 7.87. The van der Waals surface area contributed by atoms with Gasteiger partial charge in [-0.3, -0.25) is 14.8 Å². The fourth-order valence-electron chi connectivity index (χ4n) is 1.78. The summed E-state index contributed by atoms with van der Waals surface area (Å²) in [4.78, 5) is 20.6. The number of para-hydroxylation sites is 1. The molecule has 0 heterocycles. The van der Waals surface area contributed by atoms with Gasteiger partial charge in [0, 0.05) is 12.1 Å². The summed E-state index contributed by atoms with van der Waals surface area (Å²) in [5, 5.41) is 19.3. The zero-order valence-corrected chi connectivity index (χ0v) is 12.8. The first-order chi connectivity index (χ1) is 10.7. The zero-order chi connectivity index (χ0) is 17.2. The molecular weight excluding hydrogens is 348 g/mol. The van der Waals surface area contributed by atoms with Gasteiger partial charge in [-0.1, -0.05) is 23.7 Å². The molecule has 2 rings (SSSR count). The highest BCUT2D eigenvalue weighted by Gasteiger charge is 2.22. The third-order valence-corrected chi connectivity index (χ3v) is 4.67. The minimum Gasteiger partial charge on any atom is -0.478 e. The molecule has 0 unspecified atom stereocenters. The Balaban J connectivity index is 2.44. The minimum atomic E-state index is -4.21. The van der Waals surface area contributed by atoms with E-state index >= 15 is 0 Å². The van der Waals surface area contributed by atoms with Gasteiger partial charge in [0.15, 0.2) is 0 Å². The third kappa shape index (κ3) is 3.58. The van der Waals surface area contributed by atoms with Gasteiger partial charge < -0.3 is 5.11 Å². The van der Waals surface area contributed by atoms with Gasteiger partial charge in [-0.15, -0.1) is 0 Å². The number of nitro benzene ring substituents is 1. The van der Waals surface area contributed by atoms with Gasteiger partial charge in [-0.25, -0.2) is 13.2 Å². The van der Waals surface area contributed by atoms with Crippen molar-refractivity contribution < 1.29 is 23.2 Å². The number of carbonyl (C=O) groups is 1. The van der Waals surface area contributed by atoms with Crippen molar-refractivity contribution >= 4 is 39.0 Å². The average molecular weight is 357 g/mol. The lowest BCUT2D eigenvalue weighted by Crippen LogP contribution is -2.16. The van der Waals surface area contributed by atoms with Crippen LogP contribution >= 0.6 is 11.6 Å². The molecule has 0 aliphatic rings. The SMILES string of the molecule is O=C(O)c1ccccc1NS(=O)(=O)c1ccc([N+](=O)[O-])cc1Cl. The molecule has 0 saturated heterocycles. The summed E-state index contributed by atoms with van der Waals surface area (Å²) < 4.78 is 26.8. The van der Waals surface area contributed by atoms with Crippen LogP contribution in [0.2, 0.25) is 5.02 Å². The number of rotatable bonds is 5. The number of sulfonamides is 1. The van der Waals surface area contributed by atoms with Crippen LogP contribution in [-0.2, 0) is 10.0 Å². The molecule has 0 atom stereocenters. The Hall–Kier alpha value is -2.65. The highest BCUT2D eigenvalue weighted by Crippen LogP contribution is 2.28. The lowest BCUT2D eigenvalue weighted by atomic mass is 10.2. The van der Waals surface area contributed by atoms with E-state index in [9.17, 15) is 23.3 Å². The molecule has 2 aromatic rings. The van der Waals surface area contributed by atoms with Crippen molar-refractivity contribution in [2.75, 3.05) is 4.72 Å². The van der Waals surface area contributed by atoms with E-state index in [4.69, 9.17) is 16.7 Å². The molecule has 2 aromatic carbocycles. The lowest BCUT2D eigenvalue weighted by Gasteiger charge is -2.11. The van der Waals surface area contributed by atoms with Crippen molar-refractivity contribution in [3.8, 4) is 0 Å². The third-order valence-electron chi connectivity index (χ3n) is 2.82. The summed E-state index contributed by atoms with van der Waals surface area (Å²) in [6, 6.07) is 8.29. The summed E-state index contributed by atoms with van der Waals surface area (Å²) in [7, 11) is -4.21. The van der Waals surface area contributed by atoms with Crippen LogP contribution in [0.3, 0.4) is 0 Å². The number of anilines is 1. The predicted molar refractivity (Wildman–Crippen MR) is 82.3 cm³/mol. The van der Waals surface area contributed by atoms with Crippen molar-refractivity contribution in [2.45, 2.75) is 4.90 Å². The van der Waals surface area contributed by atoms with Crippen molar-refractivity contribution in [3.05, 3.63) is 63.2 Å². The number of hydrogen-bond donors (Lipinski definition) is 2. The fraction of sp³-hybridized carbons (Fsp3) is 0. The molecule has 8 nitrogen and oxygen atoms in total. The van der Waals surface area contributed by atoms with Gasteiger partial charge >= 0.3 is 5.97 Å². The number of benzene rings is 2. The molecule has 10 heteroatoms. The summed E-state index contributed by atoms with van der Waals surface area (Å²) >= 11 is 5.79. The maximum atomic E-state index is 12.3. The molecule has 0 aliphatic carbocycles. The van der Waals surface area contributed by atoms with Crippen LogP contribution in [0.4, 0.5) is 11.4 Å². The summed E-state index contributed by atoms with van der Waals surface area (Å²) in [5.74, 6) is -1.31. The van der Waals surface area contributed by atoms with Crippen LogP contribution in [0.15, 0.2) is 47.4 Å². The first kappa shape index (κ1) is 16.7. The number of nitro groups is 1.